The molecule has 1 aromatic heterocycles. The number of anilines is 2. The zero-order valence-electron chi connectivity index (χ0n) is 17.5. The number of aliphatic imine (C=N–C) groups is 1. The SMILES string of the molecule is Sc1ccc2nc(NCCc3ccc(NC4=NC(c5ccccc5)CCS4)cc3)sc2c1. The molecule has 1 atom stereocenters. The fourth-order valence-electron chi connectivity index (χ4n) is 3.68. The number of hydrogen-bond donors (Lipinski definition) is 3. The van der Waals surface area contributed by atoms with Crippen molar-refractivity contribution in [3.05, 3.63) is 83.9 Å². The van der Waals surface area contributed by atoms with E-state index in [4.69, 9.17) is 4.99 Å². The van der Waals surface area contributed by atoms with E-state index in [1.807, 2.05) is 12.1 Å². The first-order valence-corrected chi connectivity index (χ1v) is 12.9. The molecule has 0 saturated heterocycles. The third-order valence-corrected chi connectivity index (χ3v) is 7.53. The Kier molecular flexibility index (Phi) is 6.67. The van der Waals surface area contributed by atoms with E-state index < -0.39 is 0 Å². The zero-order valence-corrected chi connectivity index (χ0v) is 20.0. The molecule has 0 fully saturated rings. The molecule has 0 aliphatic carbocycles. The Hall–Kier alpha value is -2.48. The van der Waals surface area contributed by atoms with Gasteiger partial charge in [0.15, 0.2) is 10.3 Å². The molecule has 0 amide bonds. The number of thioether (sulfide) groups is 1. The first-order chi connectivity index (χ1) is 15.7. The third kappa shape index (κ3) is 5.28. The molecule has 3 aromatic carbocycles. The monoisotopic (exact) mass is 476 g/mol. The Morgan fingerprint density at radius 1 is 1.00 bits per heavy atom. The maximum atomic E-state index is 4.92. The van der Waals surface area contributed by atoms with E-state index in [0.717, 1.165) is 56.2 Å². The van der Waals surface area contributed by atoms with Crippen molar-refractivity contribution in [2.75, 3.05) is 22.9 Å². The predicted octanol–water partition coefficient (Wildman–Crippen LogP) is 6.89. The van der Waals surface area contributed by atoms with Gasteiger partial charge in [0.2, 0.25) is 0 Å². The van der Waals surface area contributed by atoms with Gasteiger partial charge in [-0.05, 0) is 54.3 Å². The summed E-state index contributed by atoms with van der Waals surface area (Å²) in [4.78, 5) is 10.5. The van der Waals surface area contributed by atoms with Gasteiger partial charge in [-0.25, -0.2) is 4.98 Å². The topological polar surface area (TPSA) is 49.3 Å². The molecule has 1 unspecified atom stereocenters. The summed E-state index contributed by atoms with van der Waals surface area (Å²) >= 11 is 7.87. The summed E-state index contributed by atoms with van der Waals surface area (Å²) in [5, 5.41) is 8.89. The molecule has 0 bridgehead atoms. The van der Waals surface area contributed by atoms with Crippen molar-refractivity contribution in [1.82, 2.24) is 4.98 Å². The molecule has 4 aromatic rings. The molecule has 5 rings (SSSR count). The normalized spacial score (nSPS) is 16.0. The van der Waals surface area contributed by atoms with Crippen LogP contribution in [0.1, 0.15) is 23.6 Å². The number of nitrogens with zero attached hydrogens (tertiary/aromatic N) is 2. The maximum absolute atomic E-state index is 4.92. The Bertz CT molecular complexity index is 1220. The molecular weight excluding hydrogens is 453 g/mol. The van der Waals surface area contributed by atoms with Crippen molar-refractivity contribution in [1.29, 1.82) is 0 Å². The van der Waals surface area contributed by atoms with Gasteiger partial charge in [-0.1, -0.05) is 65.6 Å². The summed E-state index contributed by atoms with van der Waals surface area (Å²) in [5.74, 6) is 1.08. The molecule has 7 heteroatoms. The smallest absolute Gasteiger partial charge is 0.183 e. The van der Waals surface area contributed by atoms with Crippen molar-refractivity contribution in [2.24, 2.45) is 4.99 Å². The van der Waals surface area contributed by atoms with Crippen LogP contribution in [0.15, 0.2) is 82.7 Å². The van der Waals surface area contributed by atoms with E-state index in [1.165, 1.54) is 11.1 Å². The van der Waals surface area contributed by atoms with E-state index in [2.05, 4.69) is 88.9 Å². The van der Waals surface area contributed by atoms with Crippen LogP contribution in [0.25, 0.3) is 10.2 Å². The number of rotatable bonds is 6. The van der Waals surface area contributed by atoms with Gasteiger partial charge in [0.05, 0.1) is 16.3 Å². The molecule has 4 nitrogen and oxygen atoms in total. The standard InChI is InChI=1S/C25H24N4S3/c30-20-10-11-22-23(16-20)32-24(29-22)26-14-12-17-6-8-19(9-7-17)27-25-28-21(13-15-31-25)18-4-2-1-3-5-18/h1-11,16,21,30H,12-15H2,(H,26,29)(H,27,28). The number of hydrogen-bond acceptors (Lipinski definition) is 7. The lowest BCUT2D eigenvalue weighted by Gasteiger charge is -2.21. The highest BCUT2D eigenvalue weighted by atomic mass is 32.2. The lowest BCUT2D eigenvalue weighted by molar-refractivity contribution is 0.705. The average molecular weight is 477 g/mol. The lowest BCUT2D eigenvalue weighted by Crippen LogP contribution is -2.16. The van der Waals surface area contributed by atoms with Crippen molar-refractivity contribution in [2.45, 2.75) is 23.8 Å². The second kappa shape index (κ2) is 9.98. The Morgan fingerprint density at radius 2 is 1.84 bits per heavy atom. The Morgan fingerprint density at radius 3 is 2.69 bits per heavy atom. The van der Waals surface area contributed by atoms with Crippen molar-refractivity contribution in [3.63, 3.8) is 0 Å². The van der Waals surface area contributed by atoms with Crippen LogP contribution in [-0.4, -0.2) is 22.4 Å². The summed E-state index contributed by atoms with van der Waals surface area (Å²) in [6.07, 6.45) is 2.02. The summed E-state index contributed by atoms with van der Waals surface area (Å²) in [6.45, 7) is 0.849. The Balaban J connectivity index is 1.16. The first kappa shape index (κ1) is 21.4. The maximum Gasteiger partial charge on any atom is 0.183 e. The van der Waals surface area contributed by atoms with Crippen LogP contribution < -0.4 is 10.6 Å². The van der Waals surface area contributed by atoms with Gasteiger partial charge in [-0.15, -0.1) is 12.6 Å². The van der Waals surface area contributed by atoms with Crippen LogP contribution >= 0.6 is 35.7 Å². The van der Waals surface area contributed by atoms with Crippen molar-refractivity contribution < 1.29 is 0 Å². The number of thiazole rings is 1. The number of fused-ring (bicyclic) bond motifs is 1. The van der Waals surface area contributed by atoms with Gasteiger partial charge in [0, 0.05) is 22.9 Å². The largest absolute Gasteiger partial charge is 0.361 e. The van der Waals surface area contributed by atoms with E-state index in [1.54, 1.807) is 23.1 Å². The summed E-state index contributed by atoms with van der Waals surface area (Å²) in [5.41, 5.74) is 4.68. The molecule has 0 saturated carbocycles. The molecule has 162 valence electrons. The van der Waals surface area contributed by atoms with Crippen LogP contribution in [0.4, 0.5) is 10.8 Å². The minimum atomic E-state index is 0.243. The highest BCUT2D eigenvalue weighted by Gasteiger charge is 2.17. The summed E-state index contributed by atoms with van der Waals surface area (Å²) in [6, 6.07) is 25.5. The number of thiol groups is 1. The number of benzene rings is 3. The van der Waals surface area contributed by atoms with Crippen LogP contribution in [-0.2, 0) is 6.42 Å². The highest BCUT2D eigenvalue weighted by molar-refractivity contribution is 8.14. The summed E-state index contributed by atoms with van der Waals surface area (Å²) < 4.78 is 1.16. The number of aromatic nitrogens is 1. The molecule has 32 heavy (non-hydrogen) atoms. The highest BCUT2D eigenvalue weighted by Crippen LogP contribution is 2.30. The molecule has 1 aliphatic rings. The van der Waals surface area contributed by atoms with Crippen LogP contribution in [0.2, 0.25) is 0 Å². The summed E-state index contributed by atoms with van der Waals surface area (Å²) in [7, 11) is 0. The first-order valence-electron chi connectivity index (χ1n) is 10.7. The van der Waals surface area contributed by atoms with Gasteiger partial charge in [0.25, 0.3) is 0 Å². The fraction of sp³-hybridized carbons (Fsp3) is 0.200. The number of amidine groups is 1. The number of nitrogens with one attached hydrogen (secondary N) is 2. The second-order valence-electron chi connectivity index (χ2n) is 7.67. The van der Waals surface area contributed by atoms with Gasteiger partial charge in [-0.2, -0.15) is 0 Å². The van der Waals surface area contributed by atoms with E-state index in [0.29, 0.717) is 0 Å². The van der Waals surface area contributed by atoms with Crippen molar-refractivity contribution >= 4 is 61.9 Å². The van der Waals surface area contributed by atoms with E-state index in [9.17, 15) is 0 Å². The minimum absolute atomic E-state index is 0.243. The molecule has 0 spiro atoms. The molecule has 2 heterocycles. The minimum Gasteiger partial charge on any atom is -0.361 e. The van der Waals surface area contributed by atoms with Gasteiger partial charge >= 0.3 is 0 Å². The van der Waals surface area contributed by atoms with Crippen molar-refractivity contribution in [3.8, 4) is 0 Å². The fourth-order valence-corrected chi connectivity index (χ4v) is 5.82. The van der Waals surface area contributed by atoms with Gasteiger partial charge < -0.3 is 10.6 Å². The van der Waals surface area contributed by atoms with Crippen LogP contribution in [0, 0.1) is 0 Å². The van der Waals surface area contributed by atoms with Crippen LogP contribution in [0.3, 0.4) is 0 Å². The predicted molar refractivity (Wildman–Crippen MR) is 143 cm³/mol. The molecule has 2 N–H and O–H groups in total. The van der Waals surface area contributed by atoms with Gasteiger partial charge in [0.1, 0.15) is 0 Å². The third-order valence-electron chi connectivity index (χ3n) is 5.35. The van der Waals surface area contributed by atoms with Gasteiger partial charge in [-0.3, -0.25) is 4.99 Å². The molecule has 0 radical (unpaired) electrons. The quantitative estimate of drug-likeness (QED) is 0.265. The van der Waals surface area contributed by atoms with E-state index >= 15 is 0 Å². The second-order valence-corrected chi connectivity index (χ2v) is 10.3. The molecule has 1 aliphatic heterocycles. The molecular formula is C25H24N4S3. The van der Waals surface area contributed by atoms with E-state index in [-0.39, 0.29) is 6.04 Å². The average Bonchev–Trinajstić information content (AvgIpc) is 3.23. The Labute approximate surface area is 202 Å². The lowest BCUT2D eigenvalue weighted by atomic mass is 10.1. The van der Waals surface area contributed by atoms with Crippen LogP contribution in [0.5, 0.6) is 0 Å². The zero-order chi connectivity index (χ0) is 21.8.